The number of pyridine rings is 1. The maximum Gasteiger partial charge on any atom is 0.335 e. The zero-order valence-electron chi connectivity index (χ0n) is 22.1. The Balaban J connectivity index is 1.61. The molecule has 14 heteroatoms. The summed E-state index contributed by atoms with van der Waals surface area (Å²) in [7, 11) is -2.16. The smallest absolute Gasteiger partial charge is 0.335 e. The second-order valence-corrected chi connectivity index (χ2v) is 11.5. The fraction of sp³-hybridized carbons (Fsp3) is 0.143. The van der Waals surface area contributed by atoms with Crippen molar-refractivity contribution in [3.05, 3.63) is 95.5 Å². The Morgan fingerprint density at radius 1 is 1.05 bits per heavy atom. The van der Waals surface area contributed by atoms with Crippen LogP contribution in [0.2, 0.25) is 0 Å². The quantitative estimate of drug-likeness (QED) is 0.199. The second kappa shape index (κ2) is 11.1. The number of methoxy groups -OCH3 is 1. The van der Waals surface area contributed by atoms with E-state index in [2.05, 4.69) is 15.0 Å². The minimum absolute atomic E-state index is 0.200. The molecule has 1 aliphatic rings. The Kier molecular flexibility index (Phi) is 7.58. The van der Waals surface area contributed by atoms with E-state index in [9.17, 15) is 28.2 Å². The molecule has 0 radical (unpaired) electrons. The van der Waals surface area contributed by atoms with Gasteiger partial charge in [0.2, 0.25) is 10.0 Å². The number of furan rings is 1. The van der Waals surface area contributed by atoms with Gasteiger partial charge in [0.05, 0.1) is 41.9 Å². The van der Waals surface area contributed by atoms with E-state index >= 15 is 0 Å². The third kappa shape index (κ3) is 5.75. The molecule has 0 saturated carbocycles. The van der Waals surface area contributed by atoms with Gasteiger partial charge in [0, 0.05) is 23.5 Å². The first-order chi connectivity index (χ1) is 19.9. The van der Waals surface area contributed by atoms with E-state index < -0.39 is 34.0 Å². The second-order valence-electron chi connectivity index (χ2n) is 9.37. The van der Waals surface area contributed by atoms with E-state index in [0.717, 1.165) is 12.3 Å². The summed E-state index contributed by atoms with van der Waals surface area (Å²) in [4.78, 5) is 29.6. The molecule has 5 rings (SSSR count). The number of anilines is 2. The van der Waals surface area contributed by atoms with Crippen LogP contribution in [0.25, 0.3) is 11.3 Å². The van der Waals surface area contributed by atoms with Gasteiger partial charge in [0.15, 0.2) is 5.11 Å². The first-order valence-electron chi connectivity index (χ1n) is 12.3. The molecule has 1 saturated heterocycles. The molecule has 4 aromatic rings. The molecule has 216 valence electrons. The van der Waals surface area contributed by atoms with Gasteiger partial charge in [0.1, 0.15) is 23.3 Å². The molecule has 3 heterocycles. The Morgan fingerprint density at radius 3 is 2.36 bits per heavy atom. The molecule has 2 aromatic carbocycles. The fourth-order valence-corrected chi connectivity index (χ4v) is 5.63. The lowest BCUT2D eigenvalue weighted by molar-refractivity contribution is 0.0696. The molecule has 12 nitrogen and oxygen atoms in total. The number of nitrogens with one attached hydrogen (secondary N) is 2. The van der Waals surface area contributed by atoms with Crippen LogP contribution in [-0.2, 0) is 10.0 Å². The van der Waals surface area contributed by atoms with Gasteiger partial charge in [-0.1, -0.05) is 6.07 Å². The number of carboxylic acids is 2. The number of aromatic carboxylic acids is 2. The molecule has 0 bridgehead atoms. The van der Waals surface area contributed by atoms with Crippen molar-refractivity contribution in [1.29, 1.82) is 0 Å². The van der Waals surface area contributed by atoms with Gasteiger partial charge in [-0.2, -0.15) is 0 Å². The molecular weight excluding hydrogens is 584 g/mol. The molecule has 0 spiro atoms. The largest absolute Gasteiger partial charge is 0.494 e. The first kappa shape index (κ1) is 28.6. The minimum Gasteiger partial charge on any atom is -0.494 e. The number of aromatic nitrogens is 1. The van der Waals surface area contributed by atoms with Gasteiger partial charge >= 0.3 is 11.9 Å². The highest BCUT2D eigenvalue weighted by molar-refractivity contribution is 7.92. The van der Waals surface area contributed by atoms with E-state index in [1.54, 1.807) is 47.5 Å². The summed E-state index contributed by atoms with van der Waals surface area (Å²) in [6, 6.07) is 16.3. The average Bonchev–Trinajstić information content (AvgIpc) is 3.57. The summed E-state index contributed by atoms with van der Waals surface area (Å²) in [6.07, 6.45) is 2.68. The molecule has 42 heavy (non-hydrogen) atoms. The van der Waals surface area contributed by atoms with Crippen LogP contribution in [0.5, 0.6) is 5.75 Å². The number of carbonyl (C=O) groups is 2. The van der Waals surface area contributed by atoms with E-state index in [4.69, 9.17) is 21.4 Å². The monoisotopic (exact) mass is 608 g/mol. The number of carboxylic acid groups (broad SMARTS) is 2. The molecular formula is C28H24N4O8S2. The van der Waals surface area contributed by atoms with Crippen LogP contribution >= 0.6 is 12.2 Å². The van der Waals surface area contributed by atoms with Crippen LogP contribution in [-0.4, -0.2) is 54.0 Å². The number of ether oxygens (including phenoxy) is 1. The molecule has 4 N–H and O–H groups in total. The molecule has 1 fully saturated rings. The van der Waals surface area contributed by atoms with E-state index in [-0.39, 0.29) is 33.9 Å². The van der Waals surface area contributed by atoms with E-state index in [1.807, 2.05) is 12.1 Å². The highest BCUT2D eigenvalue weighted by atomic mass is 32.2. The van der Waals surface area contributed by atoms with Crippen LogP contribution in [0.15, 0.2) is 77.3 Å². The van der Waals surface area contributed by atoms with Crippen molar-refractivity contribution in [2.45, 2.75) is 12.1 Å². The maximum absolute atomic E-state index is 11.8. The standard InChI is InChI=1S/C28H24N4O8S2/c1-39-23-14-18(6-7-19(23)31-42(2,37)38)32-25(24(30-28(32)41)20-5-3-4-10-29-20)22-9-8-21(40-22)15-11-16(26(33)34)13-17(12-15)27(35)36/h3-14,24-25,31H,1-2H3,(H,30,41)(H,33,34)(H,35,36)/t24-,25+/m1/s1. The van der Waals surface area contributed by atoms with Crippen molar-refractivity contribution in [2.24, 2.45) is 0 Å². The van der Waals surface area contributed by atoms with Crippen molar-refractivity contribution < 1.29 is 37.4 Å². The Labute approximate surface area is 245 Å². The Bertz CT molecular complexity index is 1780. The number of hydrogen-bond donors (Lipinski definition) is 4. The zero-order chi connectivity index (χ0) is 30.2. The lowest BCUT2D eigenvalue weighted by Gasteiger charge is -2.27. The number of thiocarbonyl (C=S) groups is 1. The number of hydrogen-bond acceptors (Lipinski definition) is 8. The Hall–Kier alpha value is -4.95. The maximum atomic E-state index is 11.8. The van der Waals surface area contributed by atoms with Crippen molar-refractivity contribution >= 4 is 50.7 Å². The van der Waals surface area contributed by atoms with Gasteiger partial charge in [-0.05, 0) is 66.8 Å². The summed E-state index contributed by atoms with van der Waals surface area (Å²) < 4.78 is 37.8. The van der Waals surface area contributed by atoms with Crippen molar-refractivity contribution in [1.82, 2.24) is 10.3 Å². The van der Waals surface area contributed by atoms with Gasteiger partial charge in [-0.25, -0.2) is 18.0 Å². The van der Waals surface area contributed by atoms with Crippen molar-refractivity contribution in [3.8, 4) is 17.1 Å². The number of benzene rings is 2. The predicted molar refractivity (Wildman–Crippen MR) is 157 cm³/mol. The summed E-state index contributed by atoms with van der Waals surface area (Å²) >= 11 is 5.73. The summed E-state index contributed by atoms with van der Waals surface area (Å²) in [5, 5.41) is 22.6. The predicted octanol–water partition coefficient (Wildman–Crippen LogP) is 4.30. The lowest BCUT2D eigenvalue weighted by atomic mass is 10.0. The molecule has 0 unspecified atom stereocenters. The first-order valence-corrected chi connectivity index (χ1v) is 14.6. The van der Waals surface area contributed by atoms with E-state index in [1.165, 1.54) is 19.2 Å². The number of nitrogens with zero attached hydrogens (tertiary/aromatic N) is 2. The topological polar surface area (TPSA) is 171 Å². The van der Waals surface area contributed by atoms with Gasteiger partial charge in [-0.3, -0.25) is 9.71 Å². The fourth-order valence-electron chi connectivity index (χ4n) is 4.72. The van der Waals surface area contributed by atoms with E-state index in [0.29, 0.717) is 22.3 Å². The number of rotatable bonds is 9. The summed E-state index contributed by atoms with van der Waals surface area (Å²) in [6.45, 7) is 0. The molecule has 1 aliphatic heterocycles. The summed E-state index contributed by atoms with van der Waals surface area (Å²) in [5.41, 5.74) is 1.33. The van der Waals surface area contributed by atoms with Crippen LogP contribution in [0.1, 0.15) is 44.3 Å². The molecule has 0 aliphatic carbocycles. The lowest BCUT2D eigenvalue weighted by Crippen LogP contribution is -2.29. The molecule has 2 aromatic heterocycles. The normalized spacial score (nSPS) is 16.6. The van der Waals surface area contributed by atoms with Crippen molar-refractivity contribution in [3.63, 3.8) is 0 Å². The SMILES string of the molecule is COc1cc(N2C(=S)N[C@H](c3ccccn3)[C@@H]2c2ccc(-c3cc(C(=O)O)cc(C(=O)O)c3)o2)ccc1NS(C)(=O)=O. The Morgan fingerprint density at radius 2 is 1.76 bits per heavy atom. The van der Waals surface area contributed by atoms with Gasteiger partial charge < -0.3 is 29.6 Å². The average molecular weight is 609 g/mol. The summed E-state index contributed by atoms with van der Waals surface area (Å²) in [5.74, 6) is -1.63. The van der Waals surface area contributed by atoms with Crippen molar-refractivity contribution in [2.75, 3.05) is 23.0 Å². The highest BCUT2D eigenvalue weighted by Crippen LogP contribution is 2.44. The highest BCUT2D eigenvalue weighted by Gasteiger charge is 2.43. The van der Waals surface area contributed by atoms with Gasteiger partial charge in [0.25, 0.3) is 0 Å². The zero-order valence-corrected chi connectivity index (χ0v) is 23.8. The van der Waals surface area contributed by atoms with Crippen LogP contribution in [0, 0.1) is 0 Å². The van der Waals surface area contributed by atoms with Crippen LogP contribution in [0.3, 0.4) is 0 Å². The van der Waals surface area contributed by atoms with Gasteiger partial charge in [-0.15, -0.1) is 0 Å². The molecule has 0 amide bonds. The van der Waals surface area contributed by atoms with Crippen LogP contribution in [0.4, 0.5) is 11.4 Å². The third-order valence-electron chi connectivity index (χ3n) is 6.49. The molecule has 2 atom stereocenters. The van der Waals surface area contributed by atoms with Crippen LogP contribution < -0.4 is 19.7 Å². The minimum atomic E-state index is -3.57. The third-order valence-corrected chi connectivity index (χ3v) is 7.39. The number of sulfonamides is 1.